The van der Waals surface area contributed by atoms with Crippen LogP contribution in [0, 0.1) is 0 Å². The van der Waals surface area contributed by atoms with E-state index in [9.17, 15) is 9.59 Å². The Hall–Kier alpha value is -2.27. The molecular weight excluding hydrogens is 256 g/mol. The van der Waals surface area contributed by atoms with Crippen molar-refractivity contribution >= 4 is 22.5 Å². The molecule has 0 saturated heterocycles. The van der Waals surface area contributed by atoms with Crippen LogP contribution in [0.4, 0.5) is 0 Å². The van der Waals surface area contributed by atoms with Gasteiger partial charge in [-0.05, 0) is 29.8 Å². The van der Waals surface area contributed by atoms with Crippen LogP contribution in [0.15, 0.2) is 50.4 Å². The van der Waals surface area contributed by atoms with Crippen molar-refractivity contribution in [3.05, 3.63) is 62.5 Å². The van der Waals surface area contributed by atoms with E-state index in [4.69, 9.17) is 16.0 Å². The van der Waals surface area contributed by atoms with Crippen molar-refractivity contribution in [3.63, 3.8) is 0 Å². The Balaban J connectivity index is 2.44. The van der Waals surface area contributed by atoms with Crippen molar-refractivity contribution in [2.75, 3.05) is 0 Å². The first-order valence-electron chi connectivity index (χ1n) is 5.16. The molecule has 0 radical (unpaired) electrons. The molecule has 18 heavy (non-hydrogen) atoms. The lowest BCUT2D eigenvalue weighted by Crippen LogP contribution is -2.33. The number of nitrogens with zero attached hydrogens (tertiary/aromatic N) is 1. The third-order valence-corrected chi connectivity index (χ3v) is 2.79. The molecule has 0 spiro atoms. The fraction of sp³-hybridized carbons (Fsp3) is 0. The first-order chi connectivity index (χ1) is 8.66. The number of furan rings is 1. The van der Waals surface area contributed by atoms with Crippen LogP contribution in [0.25, 0.3) is 16.8 Å². The molecule has 1 aromatic carbocycles. The molecule has 0 unspecified atom stereocenters. The monoisotopic (exact) mass is 262 g/mol. The lowest BCUT2D eigenvalue weighted by Gasteiger charge is -2.02. The Morgan fingerprint density at radius 2 is 1.89 bits per heavy atom. The van der Waals surface area contributed by atoms with Gasteiger partial charge in [0, 0.05) is 6.07 Å². The van der Waals surface area contributed by atoms with Crippen molar-refractivity contribution in [2.45, 2.75) is 0 Å². The average Bonchev–Trinajstić information content (AvgIpc) is 2.76. The number of nitrogens with one attached hydrogen (secondary N) is 1. The zero-order valence-electron chi connectivity index (χ0n) is 9.01. The standard InChI is InChI=1S/C12H7ClN2O3/c13-9-5-6-10(18-9)15-11(16)7-3-1-2-4-8(7)14-12(15)17/h1-6H,(H,14,17). The predicted molar refractivity (Wildman–Crippen MR) is 67.4 cm³/mol. The average molecular weight is 263 g/mol. The molecular formula is C12H7ClN2O3. The predicted octanol–water partition coefficient (Wildman–Crippen LogP) is 1.93. The highest BCUT2D eigenvalue weighted by Gasteiger charge is 2.11. The number of aromatic nitrogens is 2. The van der Waals surface area contributed by atoms with Crippen LogP contribution in [0.1, 0.15) is 0 Å². The summed E-state index contributed by atoms with van der Waals surface area (Å²) in [5.74, 6) is 0.0944. The Morgan fingerprint density at radius 3 is 2.61 bits per heavy atom. The maximum Gasteiger partial charge on any atom is 0.335 e. The number of halogens is 1. The van der Waals surface area contributed by atoms with E-state index in [1.165, 1.54) is 12.1 Å². The summed E-state index contributed by atoms with van der Waals surface area (Å²) in [5.41, 5.74) is -0.522. The van der Waals surface area contributed by atoms with E-state index in [2.05, 4.69) is 4.98 Å². The topological polar surface area (TPSA) is 68.0 Å². The number of H-pyrrole nitrogens is 1. The first-order valence-corrected chi connectivity index (χ1v) is 5.54. The SMILES string of the molecule is O=c1[nH]c2ccccc2c(=O)n1-c1ccc(Cl)o1. The minimum atomic E-state index is -0.565. The van der Waals surface area contributed by atoms with Crippen molar-refractivity contribution in [3.8, 4) is 5.88 Å². The molecule has 3 aromatic rings. The number of benzene rings is 1. The lowest BCUT2D eigenvalue weighted by atomic mass is 10.2. The molecule has 90 valence electrons. The van der Waals surface area contributed by atoms with Crippen molar-refractivity contribution < 1.29 is 4.42 Å². The van der Waals surface area contributed by atoms with Gasteiger partial charge >= 0.3 is 5.69 Å². The molecule has 2 heterocycles. The Kier molecular flexibility index (Phi) is 2.34. The minimum Gasteiger partial charge on any atom is -0.428 e. The van der Waals surface area contributed by atoms with Gasteiger partial charge in [0.2, 0.25) is 5.88 Å². The van der Waals surface area contributed by atoms with Crippen molar-refractivity contribution in [2.24, 2.45) is 0 Å². The third kappa shape index (κ3) is 1.56. The summed E-state index contributed by atoms with van der Waals surface area (Å²) in [4.78, 5) is 26.7. The Labute approximate surface area is 105 Å². The molecule has 0 fully saturated rings. The van der Waals surface area contributed by atoms with Crippen LogP contribution >= 0.6 is 11.6 Å². The number of hydrogen-bond donors (Lipinski definition) is 1. The number of fused-ring (bicyclic) bond motifs is 1. The molecule has 0 aliphatic heterocycles. The summed E-state index contributed by atoms with van der Waals surface area (Å²) in [6.07, 6.45) is 0. The van der Waals surface area contributed by atoms with Crippen LogP contribution in [0.2, 0.25) is 5.22 Å². The quantitative estimate of drug-likeness (QED) is 0.728. The number of hydrogen-bond acceptors (Lipinski definition) is 3. The van der Waals surface area contributed by atoms with Gasteiger partial charge in [-0.25, -0.2) is 4.79 Å². The molecule has 2 aromatic heterocycles. The second-order valence-corrected chi connectivity index (χ2v) is 4.07. The summed E-state index contributed by atoms with van der Waals surface area (Å²) in [6, 6.07) is 9.70. The van der Waals surface area contributed by atoms with Crippen LogP contribution in [0.3, 0.4) is 0 Å². The van der Waals surface area contributed by atoms with E-state index in [-0.39, 0.29) is 11.1 Å². The van der Waals surface area contributed by atoms with Gasteiger partial charge in [0.15, 0.2) is 5.22 Å². The maximum atomic E-state index is 12.2. The van der Waals surface area contributed by atoms with E-state index >= 15 is 0 Å². The van der Waals surface area contributed by atoms with Gasteiger partial charge in [-0.15, -0.1) is 0 Å². The summed E-state index contributed by atoms with van der Waals surface area (Å²) < 4.78 is 6.00. The van der Waals surface area contributed by atoms with Crippen molar-refractivity contribution in [1.29, 1.82) is 0 Å². The van der Waals surface area contributed by atoms with Gasteiger partial charge in [-0.3, -0.25) is 4.79 Å². The van der Waals surface area contributed by atoms with E-state index < -0.39 is 11.2 Å². The molecule has 0 aliphatic rings. The summed E-state index contributed by atoms with van der Waals surface area (Å²) in [5, 5.41) is 0.522. The van der Waals surface area contributed by atoms with E-state index in [0.717, 1.165) is 4.57 Å². The fourth-order valence-electron chi connectivity index (χ4n) is 1.79. The Morgan fingerprint density at radius 1 is 1.11 bits per heavy atom. The highest BCUT2D eigenvalue weighted by atomic mass is 35.5. The van der Waals surface area contributed by atoms with E-state index in [1.807, 2.05) is 0 Å². The zero-order chi connectivity index (χ0) is 12.7. The van der Waals surface area contributed by atoms with Gasteiger partial charge in [0.1, 0.15) is 0 Å². The maximum absolute atomic E-state index is 12.2. The molecule has 0 saturated carbocycles. The third-order valence-electron chi connectivity index (χ3n) is 2.58. The smallest absolute Gasteiger partial charge is 0.335 e. The first kappa shape index (κ1) is 10.9. The molecule has 6 heteroatoms. The summed E-state index contributed by atoms with van der Waals surface area (Å²) in [7, 11) is 0. The second kappa shape index (κ2) is 3.89. The van der Waals surface area contributed by atoms with Gasteiger partial charge in [0.25, 0.3) is 5.56 Å². The minimum absolute atomic E-state index is 0.0944. The van der Waals surface area contributed by atoms with Crippen molar-refractivity contribution in [1.82, 2.24) is 9.55 Å². The van der Waals surface area contributed by atoms with Gasteiger partial charge in [0.05, 0.1) is 10.9 Å². The second-order valence-electron chi connectivity index (χ2n) is 3.69. The van der Waals surface area contributed by atoms with Crippen LogP contribution in [-0.4, -0.2) is 9.55 Å². The van der Waals surface area contributed by atoms with Gasteiger partial charge < -0.3 is 9.40 Å². The molecule has 1 N–H and O–H groups in total. The van der Waals surface area contributed by atoms with Gasteiger partial charge in [-0.1, -0.05) is 12.1 Å². The molecule has 0 atom stereocenters. The lowest BCUT2D eigenvalue weighted by molar-refractivity contribution is 0.530. The number of aromatic amines is 1. The largest absolute Gasteiger partial charge is 0.428 e. The number of rotatable bonds is 1. The van der Waals surface area contributed by atoms with Gasteiger partial charge in [-0.2, -0.15) is 4.57 Å². The zero-order valence-corrected chi connectivity index (χ0v) is 9.77. The molecule has 0 aliphatic carbocycles. The fourth-order valence-corrected chi connectivity index (χ4v) is 1.93. The van der Waals surface area contributed by atoms with Crippen LogP contribution in [0.5, 0.6) is 0 Å². The molecule has 5 nitrogen and oxygen atoms in total. The summed E-state index contributed by atoms with van der Waals surface area (Å²) >= 11 is 5.64. The number of para-hydroxylation sites is 1. The van der Waals surface area contributed by atoms with Crippen LogP contribution in [-0.2, 0) is 0 Å². The molecule has 3 rings (SSSR count). The highest BCUT2D eigenvalue weighted by Crippen LogP contribution is 2.15. The van der Waals surface area contributed by atoms with E-state index in [1.54, 1.807) is 24.3 Å². The highest BCUT2D eigenvalue weighted by molar-refractivity contribution is 6.28. The molecule has 0 amide bonds. The van der Waals surface area contributed by atoms with E-state index in [0.29, 0.717) is 10.9 Å². The summed E-state index contributed by atoms with van der Waals surface area (Å²) in [6.45, 7) is 0. The van der Waals surface area contributed by atoms with Crippen LogP contribution < -0.4 is 11.2 Å². The molecule has 0 bridgehead atoms. The normalized spacial score (nSPS) is 10.9. The Bertz CT molecular complexity index is 844.